The Hall–Kier alpha value is -1.88. The van der Waals surface area contributed by atoms with E-state index >= 15 is 0 Å². The maximum Gasteiger partial charge on any atom is 0.335 e. The van der Waals surface area contributed by atoms with Crippen molar-refractivity contribution in [2.45, 2.75) is 32.7 Å². The van der Waals surface area contributed by atoms with E-state index in [0.717, 1.165) is 43.0 Å². The molecule has 1 aliphatic rings. The summed E-state index contributed by atoms with van der Waals surface area (Å²) >= 11 is 0. The summed E-state index contributed by atoms with van der Waals surface area (Å²) < 4.78 is 7.62. The molecule has 1 aliphatic heterocycles. The minimum atomic E-state index is -0.903. The summed E-state index contributed by atoms with van der Waals surface area (Å²) in [5.74, 6) is 0.890. The summed E-state index contributed by atoms with van der Waals surface area (Å²) in [4.78, 5) is 15.9. The van der Waals surface area contributed by atoms with Crippen LogP contribution in [-0.4, -0.2) is 33.8 Å². The number of hydrogen-bond acceptors (Lipinski definition) is 3. The predicted octanol–water partition coefficient (Wildman–Crippen LogP) is 2.89. The lowest BCUT2D eigenvalue weighted by Gasteiger charge is -2.15. The number of rotatable bonds is 4. The molecule has 0 amide bonds. The molecule has 1 aromatic heterocycles. The first-order chi connectivity index (χ1) is 10.1. The van der Waals surface area contributed by atoms with Crippen LogP contribution in [0.25, 0.3) is 11.0 Å². The summed E-state index contributed by atoms with van der Waals surface area (Å²) in [6.07, 6.45) is 1.05. The fraction of sp³-hybridized carbons (Fsp3) is 0.500. The van der Waals surface area contributed by atoms with E-state index in [0.29, 0.717) is 17.4 Å². The van der Waals surface area contributed by atoms with Crippen molar-refractivity contribution in [3.05, 3.63) is 29.6 Å². The number of aromatic nitrogens is 2. The van der Waals surface area contributed by atoms with Crippen molar-refractivity contribution >= 4 is 17.0 Å². The van der Waals surface area contributed by atoms with Crippen LogP contribution in [-0.2, 0) is 11.3 Å². The number of aromatic carboxylic acids is 1. The molecular formula is C16H20N2O3. The summed E-state index contributed by atoms with van der Waals surface area (Å²) in [6.45, 7) is 6.65. The number of nitrogens with zero attached hydrogens (tertiary/aromatic N) is 2. The number of carboxylic acid groups (broad SMARTS) is 1. The normalized spacial score (nSPS) is 18.7. The summed E-state index contributed by atoms with van der Waals surface area (Å²) in [5.41, 5.74) is 2.08. The Labute approximate surface area is 123 Å². The zero-order valence-corrected chi connectivity index (χ0v) is 12.4. The lowest BCUT2D eigenvalue weighted by Crippen LogP contribution is -2.14. The molecule has 1 unspecified atom stereocenters. The molecule has 21 heavy (non-hydrogen) atoms. The topological polar surface area (TPSA) is 64.3 Å². The van der Waals surface area contributed by atoms with Crippen LogP contribution in [0.5, 0.6) is 0 Å². The molecule has 3 rings (SSSR count). The molecule has 1 saturated heterocycles. The first kappa shape index (κ1) is 14.1. The number of carboxylic acids is 1. The monoisotopic (exact) mass is 288 g/mol. The minimum Gasteiger partial charge on any atom is -0.478 e. The maximum absolute atomic E-state index is 11.2. The van der Waals surface area contributed by atoms with Crippen molar-refractivity contribution in [2.75, 3.05) is 13.2 Å². The van der Waals surface area contributed by atoms with E-state index < -0.39 is 5.97 Å². The van der Waals surface area contributed by atoms with Gasteiger partial charge in [-0.05, 0) is 24.6 Å². The Morgan fingerprint density at radius 1 is 1.52 bits per heavy atom. The minimum absolute atomic E-state index is 0.299. The SMILES string of the molecule is CC(C)c1nc2ccc(C(=O)O)cc2n1CC1CCOC1. The fourth-order valence-electron chi connectivity index (χ4n) is 2.89. The molecule has 0 bridgehead atoms. The van der Waals surface area contributed by atoms with Gasteiger partial charge in [-0.1, -0.05) is 13.8 Å². The molecule has 2 heterocycles. The van der Waals surface area contributed by atoms with Crippen molar-refractivity contribution < 1.29 is 14.6 Å². The van der Waals surface area contributed by atoms with Crippen LogP contribution in [0.2, 0.25) is 0 Å². The van der Waals surface area contributed by atoms with Crippen LogP contribution in [0.4, 0.5) is 0 Å². The number of ether oxygens (including phenoxy) is 1. The molecule has 0 aliphatic carbocycles. The Balaban J connectivity index is 2.09. The number of benzene rings is 1. The molecule has 5 nitrogen and oxygen atoms in total. The van der Waals surface area contributed by atoms with E-state index in [1.807, 2.05) is 0 Å². The van der Waals surface area contributed by atoms with E-state index in [9.17, 15) is 9.90 Å². The summed E-state index contributed by atoms with van der Waals surface area (Å²) in [5, 5.41) is 9.19. The molecular weight excluding hydrogens is 268 g/mol. The van der Waals surface area contributed by atoms with Crippen LogP contribution in [0.3, 0.4) is 0 Å². The largest absolute Gasteiger partial charge is 0.478 e. The molecule has 0 spiro atoms. The molecule has 2 aromatic rings. The van der Waals surface area contributed by atoms with Crippen LogP contribution in [0.1, 0.15) is 42.4 Å². The van der Waals surface area contributed by atoms with E-state index in [1.54, 1.807) is 18.2 Å². The lowest BCUT2D eigenvalue weighted by atomic mass is 10.1. The first-order valence-electron chi connectivity index (χ1n) is 7.37. The molecule has 1 aromatic carbocycles. The van der Waals surface area contributed by atoms with Gasteiger partial charge in [-0.2, -0.15) is 0 Å². The number of hydrogen-bond donors (Lipinski definition) is 1. The second kappa shape index (κ2) is 5.48. The van der Waals surface area contributed by atoms with Crippen molar-refractivity contribution in [3.63, 3.8) is 0 Å². The highest BCUT2D eigenvalue weighted by atomic mass is 16.5. The Bertz CT molecular complexity index is 669. The van der Waals surface area contributed by atoms with Crippen LogP contribution in [0, 0.1) is 5.92 Å². The lowest BCUT2D eigenvalue weighted by molar-refractivity contribution is 0.0697. The molecule has 0 saturated carbocycles. The van der Waals surface area contributed by atoms with Gasteiger partial charge in [0.1, 0.15) is 5.82 Å². The highest BCUT2D eigenvalue weighted by Gasteiger charge is 2.21. The molecule has 1 fully saturated rings. The van der Waals surface area contributed by atoms with Crippen LogP contribution < -0.4 is 0 Å². The number of imidazole rings is 1. The number of fused-ring (bicyclic) bond motifs is 1. The third kappa shape index (κ3) is 2.65. The van der Waals surface area contributed by atoms with Crippen LogP contribution >= 0.6 is 0 Å². The zero-order chi connectivity index (χ0) is 15.0. The number of carbonyl (C=O) groups is 1. The zero-order valence-electron chi connectivity index (χ0n) is 12.4. The highest BCUT2D eigenvalue weighted by Crippen LogP contribution is 2.26. The van der Waals surface area contributed by atoms with Crippen molar-refractivity contribution in [2.24, 2.45) is 5.92 Å². The highest BCUT2D eigenvalue weighted by molar-refractivity contribution is 5.92. The smallest absolute Gasteiger partial charge is 0.335 e. The van der Waals surface area contributed by atoms with E-state index in [-0.39, 0.29) is 0 Å². The fourth-order valence-corrected chi connectivity index (χ4v) is 2.89. The summed E-state index contributed by atoms with van der Waals surface area (Å²) in [7, 11) is 0. The van der Waals surface area contributed by atoms with Gasteiger partial charge in [0.2, 0.25) is 0 Å². The van der Waals surface area contributed by atoms with Gasteiger partial charge in [0.15, 0.2) is 0 Å². The standard InChI is InChI=1S/C16H20N2O3/c1-10(2)15-17-13-4-3-12(16(19)20)7-14(13)18(15)8-11-5-6-21-9-11/h3-4,7,10-11H,5-6,8-9H2,1-2H3,(H,19,20). The van der Waals surface area contributed by atoms with Gasteiger partial charge < -0.3 is 14.4 Å². The van der Waals surface area contributed by atoms with Gasteiger partial charge in [0, 0.05) is 25.0 Å². The first-order valence-corrected chi connectivity index (χ1v) is 7.37. The maximum atomic E-state index is 11.2. The van der Waals surface area contributed by atoms with Gasteiger partial charge in [-0.25, -0.2) is 9.78 Å². The van der Waals surface area contributed by atoms with Crippen molar-refractivity contribution in [1.29, 1.82) is 0 Å². The van der Waals surface area contributed by atoms with Crippen molar-refractivity contribution in [3.8, 4) is 0 Å². The van der Waals surface area contributed by atoms with Gasteiger partial charge in [-0.15, -0.1) is 0 Å². The molecule has 112 valence electrons. The van der Waals surface area contributed by atoms with Crippen LogP contribution in [0.15, 0.2) is 18.2 Å². The second-order valence-corrected chi connectivity index (χ2v) is 5.97. The average molecular weight is 288 g/mol. The second-order valence-electron chi connectivity index (χ2n) is 5.97. The molecule has 0 radical (unpaired) electrons. The van der Waals surface area contributed by atoms with E-state index in [4.69, 9.17) is 4.74 Å². The Kier molecular flexibility index (Phi) is 3.68. The Morgan fingerprint density at radius 3 is 2.95 bits per heavy atom. The quantitative estimate of drug-likeness (QED) is 0.939. The van der Waals surface area contributed by atoms with Crippen molar-refractivity contribution in [1.82, 2.24) is 9.55 Å². The van der Waals surface area contributed by atoms with E-state index in [1.165, 1.54) is 0 Å². The van der Waals surface area contributed by atoms with Gasteiger partial charge in [0.05, 0.1) is 23.2 Å². The molecule has 5 heteroatoms. The third-order valence-corrected chi connectivity index (χ3v) is 4.01. The Morgan fingerprint density at radius 2 is 2.33 bits per heavy atom. The molecule has 1 atom stereocenters. The van der Waals surface area contributed by atoms with Gasteiger partial charge in [-0.3, -0.25) is 0 Å². The predicted molar refractivity (Wildman–Crippen MR) is 79.7 cm³/mol. The molecule has 1 N–H and O–H groups in total. The average Bonchev–Trinajstić information content (AvgIpc) is 3.06. The summed E-state index contributed by atoms with van der Waals surface area (Å²) in [6, 6.07) is 5.14. The third-order valence-electron chi connectivity index (χ3n) is 4.01. The van der Waals surface area contributed by atoms with E-state index in [2.05, 4.69) is 23.4 Å². The van der Waals surface area contributed by atoms with Gasteiger partial charge in [0.25, 0.3) is 0 Å². The van der Waals surface area contributed by atoms with Gasteiger partial charge >= 0.3 is 5.97 Å².